The van der Waals surface area contributed by atoms with Crippen LogP contribution in [0.2, 0.25) is 0 Å². The molecule has 20 heavy (non-hydrogen) atoms. The van der Waals surface area contributed by atoms with Gasteiger partial charge in [0.25, 0.3) is 0 Å². The summed E-state index contributed by atoms with van der Waals surface area (Å²) in [4.78, 5) is 12.7. The zero-order valence-corrected chi connectivity index (χ0v) is 14.2. The first-order valence-corrected chi connectivity index (χ1v) is 7.96. The Labute approximate surface area is 124 Å². The van der Waals surface area contributed by atoms with Crippen LogP contribution in [0, 0.1) is 23.2 Å². The van der Waals surface area contributed by atoms with E-state index < -0.39 is 5.41 Å². The van der Waals surface area contributed by atoms with Gasteiger partial charge in [-0.25, -0.2) is 0 Å². The lowest BCUT2D eigenvalue weighted by Gasteiger charge is -2.37. The first-order chi connectivity index (χ1) is 9.24. The SMILES string of the molecule is CCNC(=O)C1(C(C)C)C=C(C(C)C)CC(C(C)C)=C1. The summed E-state index contributed by atoms with van der Waals surface area (Å²) in [5.74, 6) is 1.39. The fourth-order valence-corrected chi connectivity index (χ4v) is 2.77. The molecule has 0 aliphatic heterocycles. The van der Waals surface area contributed by atoms with Crippen molar-refractivity contribution in [2.75, 3.05) is 6.54 Å². The van der Waals surface area contributed by atoms with Crippen LogP contribution >= 0.6 is 0 Å². The minimum Gasteiger partial charge on any atom is -0.355 e. The molecule has 0 aromatic rings. The zero-order valence-electron chi connectivity index (χ0n) is 14.2. The third kappa shape index (κ3) is 3.34. The van der Waals surface area contributed by atoms with Gasteiger partial charge in [-0.1, -0.05) is 64.8 Å². The molecule has 2 nitrogen and oxygen atoms in total. The lowest BCUT2D eigenvalue weighted by atomic mass is 9.67. The van der Waals surface area contributed by atoms with Crippen molar-refractivity contribution in [3.63, 3.8) is 0 Å². The molecule has 0 unspecified atom stereocenters. The zero-order chi connectivity index (χ0) is 15.5. The van der Waals surface area contributed by atoms with Gasteiger partial charge in [0.2, 0.25) is 5.91 Å². The van der Waals surface area contributed by atoms with Gasteiger partial charge in [0.15, 0.2) is 0 Å². The monoisotopic (exact) mass is 277 g/mol. The topological polar surface area (TPSA) is 29.1 Å². The second-order valence-corrected chi connectivity index (χ2v) is 6.87. The van der Waals surface area contributed by atoms with E-state index in [1.54, 1.807) is 0 Å². The molecule has 114 valence electrons. The highest BCUT2D eigenvalue weighted by atomic mass is 16.2. The van der Waals surface area contributed by atoms with Gasteiger partial charge in [-0.3, -0.25) is 4.79 Å². The number of carbonyl (C=O) groups excluding carboxylic acids is 1. The van der Waals surface area contributed by atoms with Crippen molar-refractivity contribution in [2.24, 2.45) is 23.2 Å². The fraction of sp³-hybridized carbons (Fsp3) is 0.722. The molecule has 0 spiro atoms. The Bertz CT molecular complexity index is 389. The maximum absolute atomic E-state index is 12.7. The molecule has 0 saturated heterocycles. The molecule has 0 aromatic heterocycles. The Hall–Kier alpha value is -1.05. The summed E-state index contributed by atoms with van der Waals surface area (Å²) < 4.78 is 0. The summed E-state index contributed by atoms with van der Waals surface area (Å²) in [6, 6.07) is 0. The van der Waals surface area contributed by atoms with E-state index in [4.69, 9.17) is 0 Å². The maximum atomic E-state index is 12.7. The minimum absolute atomic E-state index is 0.144. The molecule has 0 radical (unpaired) electrons. The van der Waals surface area contributed by atoms with Crippen molar-refractivity contribution >= 4 is 5.91 Å². The fourth-order valence-electron chi connectivity index (χ4n) is 2.77. The highest BCUT2D eigenvalue weighted by Gasteiger charge is 2.40. The number of hydrogen-bond acceptors (Lipinski definition) is 1. The second kappa shape index (κ2) is 6.60. The summed E-state index contributed by atoms with van der Waals surface area (Å²) in [5.41, 5.74) is 2.32. The summed E-state index contributed by atoms with van der Waals surface area (Å²) >= 11 is 0. The van der Waals surface area contributed by atoms with Gasteiger partial charge in [-0.15, -0.1) is 0 Å². The van der Waals surface area contributed by atoms with E-state index in [1.807, 2.05) is 6.92 Å². The van der Waals surface area contributed by atoms with Crippen molar-refractivity contribution in [1.82, 2.24) is 5.32 Å². The molecule has 1 aliphatic carbocycles. The number of hydrogen-bond donors (Lipinski definition) is 1. The van der Waals surface area contributed by atoms with Crippen LogP contribution in [0.25, 0.3) is 0 Å². The second-order valence-electron chi connectivity index (χ2n) is 6.87. The Morgan fingerprint density at radius 2 is 1.55 bits per heavy atom. The largest absolute Gasteiger partial charge is 0.355 e. The van der Waals surface area contributed by atoms with Gasteiger partial charge in [0, 0.05) is 6.54 Å². The smallest absolute Gasteiger partial charge is 0.234 e. The Kier molecular flexibility index (Phi) is 5.61. The molecule has 0 bridgehead atoms. The lowest BCUT2D eigenvalue weighted by Crippen LogP contribution is -2.43. The summed E-state index contributed by atoms with van der Waals surface area (Å²) in [5, 5.41) is 3.03. The first-order valence-electron chi connectivity index (χ1n) is 7.96. The summed E-state index contributed by atoms with van der Waals surface area (Å²) in [7, 11) is 0. The van der Waals surface area contributed by atoms with Gasteiger partial charge in [0.05, 0.1) is 5.41 Å². The lowest BCUT2D eigenvalue weighted by molar-refractivity contribution is -0.128. The van der Waals surface area contributed by atoms with Gasteiger partial charge in [0.1, 0.15) is 0 Å². The molecular weight excluding hydrogens is 246 g/mol. The van der Waals surface area contributed by atoms with Crippen LogP contribution in [-0.4, -0.2) is 12.5 Å². The van der Waals surface area contributed by atoms with Crippen molar-refractivity contribution in [3.05, 3.63) is 23.3 Å². The number of carbonyl (C=O) groups is 1. The van der Waals surface area contributed by atoms with E-state index in [0.717, 1.165) is 6.42 Å². The van der Waals surface area contributed by atoms with Crippen molar-refractivity contribution in [2.45, 2.75) is 54.9 Å². The van der Waals surface area contributed by atoms with Gasteiger partial charge < -0.3 is 5.32 Å². The van der Waals surface area contributed by atoms with Crippen LogP contribution in [0.1, 0.15) is 54.9 Å². The van der Waals surface area contributed by atoms with Crippen molar-refractivity contribution in [3.8, 4) is 0 Å². The Balaban J connectivity index is 3.36. The van der Waals surface area contributed by atoms with Crippen molar-refractivity contribution < 1.29 is 4.79 Å². The highest BCUT2D eigenvalue weighted by molar-refractivity contribution is 5.87. The van der Waals surface area contributed by atoms with Gasteiger partial charge >= 0.3 is 0 Å². The highest BCUT2D eigenvalue weighted by Crippen LogP contribution is 2.42. The first kappa shape index (κ1) is 17.0. The average Bonchev–Trinajstić information content (AvgIpc) is 2.37. The molecule has 1 rings (SSSR count). The van der Waals surface area contributed by atoms with E-state index in [9.17, 15) is 4.79 Å². The normalized spacial score (nSPS) is 18.3. The number of rotatable bonds is 5. The predicted molar refractivity (Wildman–Crippen MR) is 86.4 cm³/mol. The summed E-state index contributed by atoms with van der Waals surface area (Å²) in [6.07, 6.45) is 5.49. The number of allylic oxidation sites excluding steroid dienone is 2. The van der Waals surface area contributed by atoms with Crippen LogP contribution in [-0.2, 0) is 4.79 Å². The van der Waals surface area contributed by atoms with Gasteiger partial charge in [-0.2, -0.15) is 0 Å². The van der Waals surface area contributed by atoms with Gasteiger partial charge in [-0.05, 0) is 31.1 Å². The van der Waals surface area contributed by atoms with Crippen LogP contribution in [0.5, 0.6) is 0 Å². The Morgan fingerprint density at radius 3 is 1.85 bits per heavy atom. The van der Waals surface area contributed by atoms with Crippen molar-refractivity contribution in [1.29, 1.82) is 0 Å². The third-order valence-electron chi connectivity index (χ3n) is 4.43. The van der Waals surface area contributed by atoms with Crippen LogP contribution in [0.15, 0.2) is 23.3 Å². The molecular formula is C18H31NO. The molecule has 0 heterocycles. The predicted octanol–water partition coefficient (Wildman–Crippen LogP) is 4.33. The summed E-state index contributed by atoms with van der Waals surface area (Å²) in [6.45, 7) is 15.8. The molecule has 0 saturated carbocycles. The molecule has 0 atom stereocenters. The molecule has 0 fully saturated rings. The van der Waals surface area contributed by atoms with E-state index >= 15 is 0 Å². The van der Waals surface area contributed by atoms with Crippen LogP contribution < -0.4 is 5.32 Å². The molecule has 0 aromatic carbocycles. The molecule has 1 N–H and O–H groups in total. The third-order valence-corrected chi connectivity index (χ3v) is 4.43. The Morgan fingerprint density at radius 1 is 1.10 bits per heavy atom. The molecule has 2 heteroatoms. The van der Waals surface area contributed by atoms with E-state index in [1.165, 1.54) is 11.1 Å². The van der Waals surface area contributed by atoms with E-state index in [2.05, 4.69) is 59.0 Å². The number of nitrogens with one attached hydrogen (secondary N) is 1. The van der Waals surface area contributed by atoms with E-state index in [-0.39, 0.29) is 11.8 Å². The quantitative estimate of drug-likeness (QED) is 0.744. The standard InChI is InChI=1S/C18H31NO/c1-8-19-17(20)18(14(6)7)10-15(12(2)3)9-16(11-18)13(4)5/h10-14H,8-9H2,1-7H3,(H,19,20). The average molecular weight is 277 g/mol. The molecule has 1 aliphatic rings. The van der Waals surface area contributed by atoms with E-state index in [0.29, 0.717) is 18.4 Å². The maximum Gasteiger partial charge on any atom is 0.234 e. The van der Waals surface area contributed by atoms with Crippen LogP contribution in [0.3, 0.4) is 0 Å². The van der Waals surface area contributed by atoms with Crippen LogP contribution in [0.4, 0.5) is 0 Å². The minimum atomic E-state index is -0.479. The number of amides is 1. The molecule has 1 amide bonds.